The first kappa shape index (κ1) is 37.9. The zero-order chi connectivity index (χ0) is 35.5. The van der Waals surface area contributed by atoms with Gasteiger partial charge in [0.15, 0.2) is 0 Å². The van der Waals surface area contributed by atoms with Crippen molar-refractivity contribution in [3.8, 4) is 0 Å². The average molecular weight is 668 g/mol. The number of carbonyl (C=O) groups is 3. The second-order valence-electron chi connectivity index (χ2n) is 14.8. The quantitative estimate of drug-likeness (QED) is 0.236. The number of sulfonamides is 1. The Morgan fingerprint density at radius 3 is 1.96 bits per heavy atom. The number of likely N-dealkylation sites (N-methyl/N-ethyl adjacent to an activating group) is 2. The molecule has 0 spiro atoms. The second-order valence-corrected chi connectivity index (χ2v) is 16.4. The van der Waals surface area contributed by atoms with Crippen LogP contribution in [0.25, 0.3) is 0 Å². The lowest BCUT2D eigenvalue weighted by atomic mass is 9.76. The van der Waals surface area contributed by atoms with E-state index in [-0.39, 0.29) is 28.2 Å². The van der Waals surface area contributed by atoms with Crippen molar-refractivity contribution in [3.05, 3.63) is 77.4 Å². The van der Waals surface area contributed by atoms with Crippen LogP contribution in [0.1, 0.15) is 79.4 Å². The monoisotopic (exact) mass is 667 g/mol. The highest BCUT2D eigenvalue weighted by molar-refractivity contribution is 7.90. The van der Waals surface area contributed by atoms with E-state index in [1.165, 1.54) is 24.0 Å². The lowest BCUT2D eigenvalue weighted by Crippen LogP contribution is -2.61. The molecule has 1 unspecified atom stereocenters. The summed E-state index contributed by atoms with van der Waals surface area (Å²) in [6, 6.07) is 13.9. The summed E-state index contributed by atoms with van der Waals surface area (Å²) in [6.45, 7) is 14.9. The summed E-state index contributed by atoms with van der Waals surface area (Å²) in [6.07, 6.45) is 3.29. The fourth-order valence-electron chi connectivity index (χ4n) is 5.81. The van der Waals surface area contributed by atoms with E-state index >= 15 is 0 Å². The van der Waals surface area contributed by atoms with Gasteiger partial charge in [-0.2, -0.15) is 0 Å². The van der Waals surface area contributed by atoms with Gasteiger partial charge in [-0.05, 0) is 61.4 Å². The third-order valence-electron chi connectivity index (χ3n) is 9.20. The maximum absolute atomic E-state index is 14.1. The molecule has 10 nitrogen and oxygen atoms in total. The Morgan fingerprint density at radius 2 is 1.49 bits per heavy atom. The predicted molar refractivity (Wildman–Crippen MR) is 186 cm³/mol. The fourth-order valence-corrected chi connectivity index (χ4v) is 6.83. The minimum Gasteiger partial charge on any atom is -0.342 e. The van der Waals surface area contributed by atoms with Gasteiger partial charge < -0.3 is 21.3 Å². The number of benzene rings is 2. The second kappa shape index (κ2) is 14.3. The normalized spacial score (nSPS) is 17.0. The molecule has 0 aliphatic heterocycles. The number of nitrogens with zero attached hydrogens (tertiary/aromatic N) is 1. The van der Waals surface area contributed by atoms with Crippen LogP contribution in [0.3, 0.4) is 0 Å². The lowest BCUT2D eigenvalue weighted by Gasteiger charge is -2.40. The molecule has 0 saturated heterocycles. The molecule has 11 heteroatoms. The van der Waals surface area contributed by atoms with E-state index < -0.39 is 50.4 Å². The topological polar surface area (TPSA) is 151 Å². The van der Waals surface area contributed by atoms with E-state index in [1.807, 2.05) is 78.8 Å². The molecule has 47 heavy (non-hydrogen) atoms. The Morgan fingerprint density at radius 1 is 0.936 bits per heavy atom. The Balaban J connectivity index is 1.80. The van der Waals surface area contributed by atoms with Crippen molar-refractivity contribution in [3.63, 3.8) is 0 Å². The van der Waals surface area contributed by atoms with E-state index in [2.05, 4.69) is 15.4 Å². The van der Waals surface area contributed by atoms with Crippen molar-refractivity contribution < 1.29 is 22.8 Å². The van der Waals surface area contributed by atoms with Crippen LogP contribution in [0.5, 0.6) is 0 Å². The summed E-state index contributed by atoms with van der Waals surface area (Å²) < 4.78 is 28.2. The van der Waals surface area contributed by atoms with E-state index in [1.54, 1.807) is 32.3 Å². The summed E-state index contributed by atoms with van der Waals surface area (Å²) in [5.41, 5.74) is 6.55. The van der Waals surface area contributed by atoms with Gasteiger partial charge in [-0.15, -0.1) is 0 Å². The summed E-state index contributed by atoms with van der Waals surface area (Å²) in [5, 5.41) is 6.16. The molecular formula is C36H53N5O5S. The molecule has 1 aliphatic rings. The highest BCUT2D eigenvalue weighted by Crippen LogP contribution is 2.42. The van der Waals surface area contributed by atoms with Gasteiger partial charge in [0.2, 0.25) is 11.8 Å². The highest BCUT2D eigenvalue weighted by atomic mass is 32.2. The van der Waals surface area contributed by atoms with Crippen molar-refractivity contribution in [2.24, 2.45) is 17.1 Å². The van der Waals surface area contributed by atoms with E-state index in [0.29, 0.717) is 0 Å². The maximum atomic E-state index is 14.1. The molecule has 1 aliphatic carbocycles. The molecule has 3 rings (SSSR count). The minimum atomic E-state index is -4.14. The first-order valence-electron chi connectivity index (χ1n) is 16.1. The van der Waals surface area contributed by atoms with Gasteiger partial charge in [-0.3, -0.25) is 14.4 Å². The predicted octanol–water partition coefficient (Wildman–Crippen LogP) is 3.97. The van der Waals surface area contributed by atoms with Crippen molar-refractivity contribution in [2.45, 2.75) is 102 Å². The lowest BCUT2D eigenvalue weighted by molar-refractivity contribution is -0.140. The first-order valence-corrected chi connectivity index (χ1v) is 17.6. The van der Waals surface area contributed by atoms with Gasteiger partial charge in [-0.1, -0.05) is 97.0 Å². The van der Waals surface area contributed by atoms with E-state index in [4.69, 9.17) is 5.73 Å². The summed E-state index contributed by atoms with van der Waals surface area (Å²) >= 11 is 0. The molecule has 5 N–H and O–H groups in total. The number of hydrogen-bond donors (Lipinski definition) is 4. The van der Waals surface area contributed by atoms with Crippen LogP contribution in [-0.4, -0.2) is 63.3 Å². The third-order valence-corrected chi connectivity index (χ3v) is 10.5. The largest absolute Gasteiger partial charge is 0.342 e. The highest BCUT2D eigenvalue weighted by Gasteiger charge is 2.42. The Hall–Kier alpha value is -3.54. The van der Waals surface area contributed by atoms with Crippen LogP contribution in [0, 0.1) is 11.3 Å². The van der Waals surface area contributed by atoms with Crippen LogP contribution in [0.4, 0.5) is 0 Å². The number of hydrogen-bond acceptors (Lipinski definition) is 7. The van der Waals surface area contributed by atoms with Crippen LogP contribution in [0.2, 0.25) is 0 Å². The molecule has 0 heterocycles. The van der Waals surface area contributed by atoms with Crippen LogP contribution in [-0.2, 0) is 35.4 Å². The number of nitrogens with two attached hydrogens (primary N) is 1. The number of amides is 3. The molecule has 0 aromatic heterocycles. The molecule has 1 saturated carbocycles. The van der Waals surface area contributed by atoms with Crippen LogP contribution in [0.15, 0.2) is 71.1 Å². The molecule has 1 fully saturated rings. The zero-order valence-electron chi connectivity index (χ0n) is 29.5. The Bertz CT molecular complexity index is 1570. The molecular weight excluding hydrogens is 614 g/mol. The zero-order valence-corrected chi connectivity index (χ0v) is 30.3. The van der Waals surface area contributed by atoms with Gasteiger partial charge in [0.05, 0.1) is 17.0 Å². The van der Waals surface area contributed by atoms with Crippen molar-refractivity contribution in [2.75, 3.05) is 14.1 Å². The third kappa shape index (κ3) is 8.88. The SMILES string of the molecule is CN[C@H](C(=O)NC(C(=O)N(C)[C@H](/C=C(\C)C(=O)NS(=O)(=O)c1ccc(C2(N)CC2)cc1)C(C)C)C(C)(C)C)C(C)(C)c1ccccc1. The standard InChI is InChI=1S/C36H53N5O5S/c1-23(2)28(22-24(3)31(42)40-47(45,46)27-18-16-26(17-19-27)36(37)20-21-36)41(10)33(44)30(34(4,5)6)39-32(43)29(38-9)35(7,8)25-14-12-11-13-15-25/h11-19,22-23,28-30,38H,20-21,37H2,1-10H3,(H,39,43)(H,40,42)/b24-22+/t28-,29-,30?/m1/s1. The van der Waals surface area contributed by atoms with Crippen LogP contribution >= 0.6 is 0 Å². The van der Waals surface area contributed by atoms with E-state index in [9.17, 15) is 22.8 Å². The summed E-state index contributed by atoms with van der Waals surface area (Å²) in [5.74, 6) is -1.58. The maximum Gasteiger partial charge on any atom is 0.264 e. The Labute approximate surface area is 281 Å². The summed E-state index contributed by atoms with van der Waals surface area (Å²) in [4.78, 5) is 42.5. The van der Waals surface area contributed by atoms with Gasteiger partial charge in [-0.25, -0.2) is 13.1 Å². The van der Waals surface area contributed by atoms with Gasteiger partial charge in [0, 0.05) is 23.6 Å². The molecule has 2 aromatic rings. The number of rotatable bonds is 13. The average Bonchev–Trinajstić information content (AvgIpc) is 3.75. The molecule has 258 valence electrons. The number of carbonyl (C=O) groups excluding carboxylic acids is 3. The molecule has 0 radical (unpaired) electrons. The molecule has 3 amide bonds. The molecule has 3 atom stereocenters. The fraction of sp³-hybridized carbons (Fsp3) is 0.528. The van der Waals surface area contributed by atoms with Crippen molar-refractivity contribution >= 4 is 27.7 Å². The van der Waals surface area contributed by atoms with Gasteiger partial charge in [0.25, 0.3) is 15.9 Å². The van der Waals surface area contributed by atoms with Crippen molar-refractivity contribution in [1.29, 1.82) is 0 Å². The van der Waals surface area contributed by atoms with E-state index in [0.717, 1.165) is 24.0 Å². The molecule has 0 bridgehead atoms. The number of nitrogens with one attached hydrogen (secondary N) is 3. The Kier molecular flexibility index (Phi) is 11.5. The van der Waals surface area contributed by atoms with Gasteiger partial charge >= 0.3 is 0 Å². The van der Waals surface area contributed by atoms with Gasteiger partial charge in [0.1, 0.15) is 6.04 Å². The molecule has 2 aromatic carbocycles. The van der Waals surface area contributed by atoms with Crippen LogP contribution < -0.4 is 21.1 Å². The summed E-state index contributed by atoms with van der Waals surface area (Å²) in [7, 11) is -0.790. The smallest absolute Gasteiger partial charge is 0.264 e. The minimum absolute atomic E-state index is 0.0431. The first-order chi connectivity index (χ1) is 21.7. The van der Waals surface area contributed by atoms with Crippen molar-refractivity contribution in [1.82, 2.24) is 20.3 Å².